The van der Waals surface area contributed by atoms with Crippen molar-refractivity contribution in [2.45, 2.75) is 32.6 Å². The lowest BCUT2D eigenvalue weighted by Gasteiger charge is -2.09. The van der Waals surface area contributed by atoms with Crippen molar-refractivity contribution < 1.29 is 14.2 Å². The lowest BCUT2D eigenvalue weighted by Crippen LogP contribution is -2.09. The Kier molecular flexibility index (Phi) is 9.39. The van der Waals surface area contributed by atoms with Crippen LogP contribution >= 0.6 is 0 Å². The summed E-state index contributed by atoms with van der Waals surface area (Å²) in [4.78, 5) is 0. The molecule has 0 bridgehead atoms. The molecule has 3 aromatic rings. The Hall–Kier alpha value is -3.74. The number of anilines is 2. The minimum atomic E-state index is 0.392. The molecule has 0 radical (unpaired) electrons. The van der Waals surface area contributed by atoms with Gasteiger partial charge in [-0.05, 0) is 67.1 Å². The van der Waals surface area contributed by atoms with Gasteiger partial charge in [0.2, 0.25) is 0 Å². The Morgan fingerprint density at radius 1 is 0.576 bits per heavy atom. The summed E-state index contributed by atoms with van der Waals surface area (Å²) in [6.45, 7) is 3.74. The molecule has 7 heteroatoms. The SMILES string of the molecule is CCCCCCOc1ccc(N=Nc2ccc(OCCOc3ccc(N)c(N)c3)cc2)cc1. The van der Waals surface area contributed by atoms with E-state index in [1.807, 2.05) is 48.5 Å². The minimum Gasteiger partial charge on any atom is -0.494 e. The molecule has 3 rings (SSSR count). The largest absolute Gasteiger partial charge is 0.494 e. The lowest BCUT2D eigenvalue weighted by atomic mass is 10.2. The number of ether oxygens (including phenoxy) is 3. The molecule has 174 valence electrons. The highest BCUT2D eigenvalue weighted by Crippen LogP contribution is 2.24. The molecule has 0 atom stereocenters. The third kappa shape index (κ3) is 8.37. The maximum absolute atomic E-state index is 5.77. The smallest absolute Gasteiger partial charge is 0.122 e. The first-order valence-corrected chi connectivity index (χ1v) is 11.3. The predicted molar refractivity (Wildman–Crippen MR) is 133 cm³/mol. The lowest BCUT2D eigenvalue weighted by molar-refractivity contribution is 0.217. The van der Waals surface area contributed by atoms with Crippen molar-refractivity contribution in [3.63, 3.8) is 0 Å². The summed E-state index contributed by atoms with van der Waals surface area (Å²) >= 11 is 0. The molecule has 0 fully saturated rings. The molecule has 0 saturated heterocycles. The van der Waals surface area contributed by atoms with Crippen molar-refractivity contribution >= 4 is 22.7 Å². The van der Waals surface area contributed by atoms with Gasteiger partial charge in [0.15, 0.2) is 0 Å². The zero-order chi connectivity index (χ0) is 23.3. The van der Waals surface area contributed by atoms with Crippen LogP contribution in [0.1, 0.15) is 32.6 Å². The third-order valence-corrected chi connectivity index (χ3v) is 4.90. The molecule has 33 heavy (non-hydrogen) atoms. The van der Waals surface area contributed by atoms with Crippen molar-refractivity contribution in [3.05, 3.63) is 66.7 Å². The Labute approximate surface area is 195 Å². The molecule has 0 unspecified atom stereocenters. The fraction of sp³-hybridized carbons (Fsp3) is 0.308. The second-order valence-corrected chi connectivity index (χ2v) is 7.58. The Morgan fingerprint density at radius 3 is 1.64 bits per heavy atom. The van der Waals surface area contributed by atoms with Gasteiger partial charge in [-0.3, -0.25) is 0 Å². The van der Waals surface area contributed by atoms with Crippen LogP contribution in [0.25, 0.3) is 0 Å². The maximum Gasteiger partial charge on any atom is 0.122 e. The van der Waals surface area contributed by atoms with E-state index < -0.39 is 0 Å². The van der Waals surface area contributed by atoms with Crippen molar-refractivity contribution in [1.82, 2.24) is 0 Å². The van der Waals surface area contributed by atoms with E-state index >= 15 is 0 Å². The van der Waals surface area contributed by atoms with Gasteiger partial charge in [-0.2, -0.15) is 10.2 Å². The molecule has 0 saturated carbocycles. The van der Waals surface area contributed by atoms with Crippen LogP contribution in [0.15, 0.2) is 77.0 Å². The second kappa shape index (κ2) is 13.0. The van der Waals surface area contributed by atoms with Crippen molar-refractivity contribution in [2.75, 3.05) is 31.3 Å². The first-order valence-electron chi connectivity index (χ1n) is 11.3. The van der Waals surface area contributed by atoms with Gasteiger partial charge in [-0.15, -0.1) is 0 Å². The van der Waals surface area contributed by atoms with Crippen LogP contribution in [0, 0.1) is 0 Å². The normalized spacial score (nSPS) is 10.9. The number of hydrogen-bond acceptors (Lipinski definition) is 7. The number of nitrogens with two attached hydrogens (primary N) is 2. The molecular weight excluding hydrogens is 416 g/mol. The number of azo groups is 1. The van der Waals surface area contributed by atoms with Gasteiger partial charge in [-0.1, -0.05) is 26.2 Å². The average molecular weight is 449 g/mol. The van der Waals surface area contributed by atoms with Gasteiger partial charge in [0.25, 0.3) is 0 Å². The topological polar surface area (TPSA) is 104 Å². The van der Waals surface area contributed by atoms with Crippen molar-refractivity contribution in [2.24, 2.45) is 10.2 Å². The van der Waals surface area contributed by atoms with Crippen LogP contribution in [0.3, 0.4) is 0 Å². The molecule has 4 N–H and O–H groups in total. The number of nitrogen functional groups attached to an aromatic ring is 2. The number of hydrogen-bond donors (Lipinski definition) is 2. The maximum atomic E-state index is 5.77. The first kappa shape index (κ1) is 23.9. The van der Waals surface area contributed by atoms with E-state index in [9.17, 15) is 0 Å². The quantitative estimate of drug-likeness (QED) is 0.172. The summed E-state index contributed by atoms with van der Waals surface area (Å²) in [5.74, 6) is 2.25. The highest BCUT2D eigenvalue weighted by Gasteiger charge is 2.00. The molecule has 0 aliphatic rings. The van der Waals surface area contributed by atoms with Crippen molar-refractivity contribution in [3.8, 4) is 17.2 Å². The monoisotopic (exact) mass is 448 g/mol. The fourth-order valence-corrected chi connectivity index (χ4v) is 3.01. The average Bonchev–Trinajstić information content (AvgIpc) is 2.84. The number of nitrogens with zero attached hydrogens (tertiary/aromatic N) is 2. The number of benzene rings is 3. The minimum absolute atomic E-state index is 0.392. The van der Waals surface area contributed by atoms with Gasteiger partial charge in [0, 0.05) is 6.07 Å². The number of rotatable bonds is 13. The van der Waals surface area contributed by atoms with E-state index in [2.05, 4.69) is 17.2 Å². The van der Waals surface area contributed by atoms with Gasteiger partial charge in [0.1, 0.15) is 30.5 Å². The molecule has 0 amide bonds. The summed E-state index contributed by atoms with van der Waals surface area (Å²) in [6.07, 6.45) is 4.77. The van der Waals surface area contributed by atoms with E-state index in [0.717, 1.165) is 35.9 Å². The van der Waals surface area contributed by atoms with Crippen LogP contribution in [-0.2, 0) is 0 Å². The first-order chi connectivity index (χ1) is 16.1. The number of unbranched alkanes of at least 4 members (excludes halogenated alkanes) is 3. The van der Waals surface area contributed by atoms with Crippen LogP contribution in [0.4, 0.5) is 22.7 Å². The third-order valence-electron chi connectivity index (χ3n) is 4.90. The van der Waals surface area contributed by atoms with E-state index in [1.165, 1.54) is 19.3 Å². The molecule has 3 aromatic carbocycles. The molecule has 0 spiro atoms. The molecular formula is C26H32N4O3. The van der Waals surface area contributed by atoms with E-state index in [1.54, 1.807) is 18.2 Å². The van der Waals surface area contributed by atoms with E-state index in [-0.39, 0.29) is 0 Å². The zero-order valence-electron chi connectivity index (χ0n) is 19.1. The van der Waals surface area contributed by atoms with Gasteiger partial charge >= 0.3 is 0 Å². The van der Waals surface area contributed by atoms with Gasteiger partial charge < -0.3 is 25.7 Å². The van der Waals surface area contributed by atoms with Crippen molar-refractivity contribution in [1.29, 1.82) is 0 Å². The second-order valence-electron chi connectivity index (χ2n) is 7.58. The van der Waals surface area contributed by atoms with E-state index in [0.29, 0.717) is 30.3 Å². The van der Waals surface area contributed by atoms with Crippen LogP contribution in [0.2, 0.25) is 0 Å². The van der Waals surface area contributed by atoms with Gasteiger partial charge in [-0.25, -0.2) is 0 Å². The molecule has 7 nitrogen and oxygen atoms in total. The molecule has 0 heterocycles. The zero-order valence-corrected chi connectivity index (χ0v) is 19.1. The van der Waals surface area contributed by atoms with Gasteiger partial charge in [0.05, 0.1) is 29.4 Å². The predicted octanol–water partition coefficient (Wildman–Crippen LogP) is 6.68. The standard InChI is InChI=1S/C26H32N4O3/c1-2-3-4-5-16-31-22-10-6-20(7-11-22)29-30-21-8-12-23(13-9-21)32-17-18-33-24-14-15-25(27)26(28)19-24/h6-15,19H,2-5,16-18,27-28H2,1H3. The fourth-order valence-electron chi connectivity index (χ4n) is 3.01. The summed E-state index contributed by atoms with van der Waals surface area (Å²) in [7, 11) is 0. The summed E-state index contributed by atoms with van der Waals surface area (Å²) < 4.78 is 17.1. The Bertz CT molecular complexity index is 1010. The molecule has 0 aromatic heterocycles. The van der Waals surface area contributed by atoms with Crippen LogP contribution < -0.4 is 25.7 Å². The highest BCUT2D eigenvalue weighted by molar-refractivity contribution is 5.65. The Balaban J connectivity index is 1.39. The van der Waals surface area contributed by atoms with Crippen LogP contribution in [-0.4, -0.2) is 19.8 Å². The highest BCUT2D eigenvalue weighted by atomic mass is 16.5. The summed E-state index contributed by atoms with van der Waals surface area (Å²) in [6, 6.07) is 20.3. The molecule has 0 aliphatic carbocycles. The summed E-state index contributed by atoms with van der Waals surface area (Å²) in [5, 5.41) is 8.56. The summed E-state index contributed by atoms with van der Waals surface area (Å²) in [5.41, 5.74) is 14.0. The molecule has 0 aliphatic heterocycles. The van der Waals surface area contributed by atoms with E-state index in [4.69, 9.17) is 25.7 Å². The Morgan fingerprint density at radius 2 is 1.09 bits per heavy atom. The van der Waals surface area contributed by atoms with Crippen LogP contribution in [0.5, 0.6) is 17.2 Å².